The predicted molar refractivity (Wildman–Crippen MR) is 109 cm³/mol. The number of hydrogen-bond donors (Lipinski definition) is 3. The van der Waals surface area contributed by atoms with Crippen molar-refractivity contribution in [1.82, 2.24) is 4.90 Å². The molecule has 1 fully saturated rings. The summed E-state index contributed by atoms with van der Waals surface area (Å²) in [6.07, 6.45) is 0.965. The first-order chi connectivity index (χ1) is 13.0. The Labute approximate surface area is 171 Å². The van der Waals surface area contributed by atoms with Crippen molar-refractivity contribution in [2.24, 2.45) is 17.3 Å². The molecule has 2 unspecified atom stereocenters. The summed E-state index contributed by atoms with van der Waals surface area (Å²) in [7, 11) is 0. The van der Waals surface area contributed by atoms with Gasteiger partial charge >= 0.3 is 5.97 Å². The van der Waals surface area contributed by atoms with E-state index in [-0.39, 0.29) is 43.8 Å². The molecule has 2 atom stereocenters. The Hall–Kier alpha value is -0.730. The molecule has 0 spiro atoms. The summed E-state index contributed by atoms with van der Waals surface area (Å²) in [5.74, 6) is -0.558. The molecule has 7 nitrogen and oxygen atoms in total. The van der Waals surface area contributed by atoms with Crippen LogP contribution in [0.1, 0.15) is 68.2 Å². The van der Waals surface area contributed by atoms with Crippen LogP contribution in [-0.2, 0) is 14.3 Å². The van der Waals surface area contributed by atoms with Crippen molar-refractivity contribution in [1.29, 1.82) is 0 Å². The van der Waals surface area contributed by atoms with Gasteiger partial charge in [0, 0.05) is 29.8 Å². The predicted octanol–water partition coefficient (Wildman–Crippen LogP) is 2.37. The van der Waals surface area contributed by atoms with Crippen molar-refractivity contribution in [2.45, 2.75) is 86.2 Å². The van der Waals surface area contributed by atoms with Gasteiger partial charge in [0.1, 0.15) is 0 Å². The number of carbonyl (C=O) groups excluding carboxylic acids is 1. The molecule has 1 heterocycles. The van der Waals surface area contributed by atoms with Crippen molar-refractivity contribution in [3.05, 3.63) is 0 Å². The number of esters is 1. The van der Waals surface area contributed by atoms with Gasteiger partial charge in [-0.25, -0.2) is 4.90 Å². The fourth-order valence-corrected chi connectivity index (χ4v) is 3.23. The third-order valence-electron chi connectivity index (χ3n) is 5.54. The molecule has 0 radical (unpaired) electrons. The number of nitrogens with zero attached hydrogens (tertiary/aromatic N) is 1. The van der Waals surface area contributed by atoms with E-state index in [4.69, 9.17) is 24.8 Å². The third kappa shape index (κ3) is 6.39. The second-order valence-corrected chi connectivity index (χ2v) is 8.56. The molecule has 1 aliphatic rings. The molecule has 0 aromatic carbocycles. The number of aliphatic hydroxyl groups excluding tert-OH is 3. The highest BCUT2D eigenvalue weighted by molar-refractivity contribution is 5.69. The Kier molecular flexibility index (Phi) is 11.8. The van der Waals surface area contributed by atoms with Crippen LogP contribution in [0.5, 0.6) is 0 Å². The highest BCUT2D eigenvalue weighted by atomic mass is 16.7. The molecule has 0 aromatic heterocycles. The maximum absolute atomic E-state index is 11.8. The van der Waals surface area contributed by atoms with Crippen LogP contribution in [0, 0.1) is 17.3 Å². The fourth-order valence-electron chi connectivity index (χ4n) is 3.23. The van der Waals surface area contributed by atoms with Crippen molar-refractivity contribution < 1.29 is 29.6 Å². The molecule has 168 valence electrons. The number of aliphatic hydroxyl groups is 3. The van der Waals surface area contributed by atoms with Gasteiger partial charge in [0.25, 0.3) is 5.91 Å². The van der Waals surface area contributed by atoms with Crippen LogP contribution < -0.4 is 0 Å². The van der Waals surface area contributed by atoms with Gasteiger partial charge in [0.05, 0.1) is 26.4 Å². The van der Waals surface area contributed by atoms with E-state index in [1.54, 1.807) is 0 Å². The number of carbonyl (C=O) groups is 1. The second-order valence-electron chi connectivity index (χ2n) is 8.56. The van der Waals surface area contributed by atoms with Gasteiger partial charge in [0.2, 0.25) is 0 Å². The monoisotopic (exact) mass is 405 g/mol. The zero-order valence-corrected chi connectivity index (χ0v) is 19.1. The van der Waals surface area contributed by atoms with E-state index < -0.39 is 11.3 Å². The minimum Gasteiger partial charge on any atom is -0.418 e. The third-order valence-corrected chi connectivity index (χ3v) is 5.54. The molecule has 1 rings (SSSR count). The first-order valence-corrected chi connectivity index (χ1v) is 10.5. The summed E-state index contributed by atoms with van der Waals surface area (Å²) in [5.41, 5.74) is -0.667. The van der Waals surface area contributed by atoms with Gasteiger partial charge in [-0.3, -0.25) is 4.79 Å². The molecule has 0 aliphatic carbocycles. The van der Waals surface area contributed by atoms with Crippen LogP contribution in [0.2, 0.25) is 0 Å². The van der Waals surface area contributed by atoms with Crippen molar-refractivity contribution in [3.63, 3.8) is 0 Å². The quantitative estimate of drug-likeness (QED) is 0.506. The first-order valence-electron chi connectivity index (χ1n) is 10.5. The maximum Gasteiger partial charge on any atom is 0.309 e. The van der Waals surface area contributed by atoms with Crippen LogP contribution in [0.15, 0.2) is 0 Å². The van der Waals surface area contributed by atoms with Gasteiger partial charge in [0.15, 0.2) is 0 Å². The largest absolute Gasteiger partial charge is 0.418 e. The lowest BCUT2D eigenvalue weighted by atomic mass is 9.88. The fraction of sp³-hybridized carbons (Fsp3) is 0.952. The van der Waals surface area contributed by atoms with E-state index in [1.807, 2.05) is 27.7 Å². The lowest BCUT2D eigenvalue weighted by Crippen LogP contribution is -2.58. The first kappa shape index (κ1) is 27.3. The molecule has 28 heavy (non-hydrogen) atoms. The highest BCUT2D eigenvalue weighted by Crippen LogP contribution is 2.39. The van der Waals surface area contributed by atoms with Crippen molar-refractivity contribution >= 4 is 5.97 Å². The molecule has 7 heteroatoms. The van der Waals surface area contributed by atoms with E-state index in [0.29, 0.717) is 25.4 Å². The Morgan fingerprint density at radius 1 is 1.11 bits per heavy atom. The van der Waals surface area contributed by atoms with E-state index in [1.165, 1.54) is 0 Å². The standard InChI is InChI=1S/C15H29NO3.C6H14O3/c1-8-14(17)19-15(11(4)5)16(12(6)7)13(9-18-15)10(2)3;1-2-6(3-7,4-8)5-9/h10-13H,8-9H2,1-7H3;7-9H,2-5H2,1H3. The minimum atomic E-state index is -0.907. The maximum atomic E-state index is 11.8. The molecule has 0 saturated carbocycles. The second kappa shape index (κ2) is 12.1. The summed E-state index contributed by atoms with van der Waals surface area (Å²) in [6, 6.07) is 0.550. The van der Waals surface area contributed by atoms with Crippen molar-refractivity contribution in [2.75, 3.05) is 26.4 Å². The van der Waals surface area contributed by atoms with Crippen LogP contribution >= 0.6 is 0 Å². The summed E-state index contributed by atoms with van der Waals surface area (Å²) in [6.45, 7) is 16.5. The zero-order valence-electron chi connectivity index (χ0n) is 19.1. The molecular weight excluding hydrogens is 362 g/mol. The van der Waals surface area contributed by atoms with Gasteiger partial charge in [-0.1, -0.05) is 41.5 Å². The van der Waals surface area contributed by atoms with Crippen LogP contribution in [0.3, 0.4) is 0 Å². The summed E-state index contributed by atoms with van der Waals surface area (Å²) in [5, 5.41) is 26.0. The average molecular weight is 406 g/mol. The van der Waals surface area contributed by atoms with E-state index in [0.717, 1.165) is 0 Å². The lowest BCUT2D eigenvalue weighted by Gasteiger charge is -2.43. The van der Waals surface area contributed by atoms with E-state index in [9.17, 15) is 4.79 Å². The molecule has 0 aromatic rings. The minimum absolute atomic E-state index is 0.0918. The van der Waals surface area contributed by atoms with E-state index >= 15 is 0 Å². The SMILES string of the molecule is CCC(=O)OC1(C(C)C)OCC(C(C)C)N1C(C)C.CCC(CO)(CO)CO. The Bertz CT molecular complexity index is 433. The number of rotatable bonds is 9. The Morgan fingerprint density at radius 3 is 1.86 bits per heavy atom. The van der Waals surface area contributed by atoms with Gasteiger partial charge in [-0.05, 0) is 26.2 Å². The summed E-state index contributed by atoms with van der Waals surface area (Å²) >= 11 is 0. The number of hydrogen-bond acceptors (Lipinski definition) is 7. The molecule has 3 N–H and O–H groups in total. The van der Waals surface area contributed by atoms with Gasteiger partial charge in [-0.2, -0.15) is 0 Å². The Balaban J connectivity index is 0.000000684. The molecule has 0 bridgehead atoms. The van der Waals surface area contributed by atoms with E-state index in [2.05, 4.69) is 32.6 Å². The Morgan fingerprint density at radius 2 is 1.61 bits per heavy atom. The van der Waals surface area contributed by atoms with Crippen LogP contribution in [0.25, 0.3) is 0 Å². The van der Waals surface area contributed by atoms with Gasteiger partial charge < -0.3 is 24.8 Å². The van der Waals surface area contributed by atoms with Gasteiger partial charge in [-0.15, -0.1) is 0 Å². The van der Waals surface area contributed by atoms with Crippen LogP contribution in [-0.4, -0.2) is 70.6 Å². The topological polar surface area (TPSA) is 99.5 Å². The molecule has 1 saturated heterocycles. The molecule has 0 amide bonds. The lowest BCUT2D eigenvalue weighted by molar-refractivity contribution is -0.293. The zero-order chi connectivity index (χ0) is 22.1. The van der Waals surface area contributed by atoms with Crippen molar-refractivity contribution in [3.8, 4) is 0 Å². The normalized spacial score (nSPS) is 23.3. The summed E-state index contributed by atoms with van der Waals surface area (Å²) in [4.78, 5) is 14.0. The number of ether oxygens (including phenoxy) is 2. The molecular formula is C21H43NO6. The summed E-state index contributed by atoms with van der Waals surface area (Å²) < 4.78 is 11.7. The smallest absolute Gasteiger partial charge is 0.309 e. The highest BCUT2D eigenvalue weighted by Gasteiger charge is 2.54. The average Bonchev–Trinajstić information content (AvgIpc) is 3.05. The van der Waals surface area contributed by atoms with Crippen LogP contribution in [0.4, 0.5) is 0 Å². The molecule has 1 aliphatic heterocycles.